The Hall–Kier alpha value is -2.54. The van der Waals surface area contributed by atoms with Gasteiger partial charge in [-0.2, -0.15) is 0 Å². The molecule has 0 aliphatic carbocycles. The number of amides is 1. The maximum absolute atomic E-state index is 11.9. The lowest BCUT2D eigenvalue weighted by molar-refractivity contribution is -0.139. The minimum absolute atomic E-state index is 0.117. The fourth-order valence-corrected chi connectivity index (χ4v) is 2.95. The average Bonchev–Trinajstić information content (AvgIpc) is 2.59. The fourth-order valence-electron chi connectivity index (χ4n) is 2.41. The number of halogens is 1. The Morgan fingerprint density at radius 3 is 2.36 bits per heavy atom. The summed E-state index contributed by atoms with van der Waals surface area (Å²) >= 11 is 3.45. The summed E-state index contributed by atoms with van der Waals surface area (Å²) in [6.45, 7) is 5.58. The van der Waals surface area contributed by atoms with Gasteiger partial charge in [0.05, 0.1) is 4.47 Å². The molecule has 0 aliphatic rings. The lowest BCUT2D eigenvalue weighted by Crippen LogP contribution is -2.44. The van der Waals surface area contributed by atoms with Crippen molar-refractivity contribution in [3.63, 3.8) is 0 Å². The van der Waals surface area contributed by atoms with E-state index in [0.717, 1.165) is 11.1 Å². The predicted molar refractivity (Wildman–Crippen MR) is 109 cm³/mol. The van der Waals surface area contributed by atoms with Crippen LogP contribution >= 0.6 is 15.9 Å². The monoisotopic (exact) mass is 449 g/mol. The summed E-state index contributed by atoms with van der Waals surface area (Å²) in [4.78, 5) is 23.4. The number of rotatable bonds is 7. The van der Waals surface area contributed by atoms with Crippen LogP contribution < -0.4 is 10.1 Å². The van der Waals surface area contributed by atoms with Crippen molar-refractivity contribution in [2.75, 3.05) is 0 Å². The van der Waals surface area contributed by atoms with Gasteiger partial charge >= 0.3 is 12.1 Å². The van der Waals surface area contributed by atoms with Gasteiger partial charge in [-0.15, -0.1) is 0 Å². The van der Waals surface area contributed by atoms with Crippen LogP contribution in [0, 0.1) is 0 Å². The summed E-state index contributed by atoms with van der Waals surface area (Å²) in [7, 11) is 0. The van der Waals surface area contributed by atoms with Gasteiger partial charge in [-0.25, -0.2) is 9.59 Å². The molecule has 0 heterocycles. The Kier molecular flexibility index (Phi) is 7.45. The molecule has 0 saturated carbocycles. The van der Waals surface area contributed by atoms with Crippen molar-refractivity contribution in [3.05, 3.63) is 64.1 Å². The first-order chi connectivity index (χ1) is 13.1. The molecule has 1 amide bonds. The number of aliphatic carboxylic acids is 1. The van der Waals surface area contributed by atoms with Crippen LogP contribution in [0.2, 0.25) is 0 Å². The van der Waals surface area contributed by atoms with E-state index in [9.17, 15) is 14.7 Å². The van der Waals surface area contributed by atoms with E-state index in [1.54, 1.807) is 39.0 Å². The van der Waals surface area contributed by atoms with Gasteiger partial charge in [0, 0.05) is 6.42 Å². The molecule has 6 nitrogen and oxygen atoms in total. The van der Waals surface area contributed by atoms with Crippen LogP contribution in [0.4, 0.5) is 4.79 Å². The van der Waals surface area contributed by atoms with E-state index in [1.165, 1.54) is 0 Å². The van der Waals surface area contributed by atoms with Gasteiger partial charge < -0.3 is 19.9 Å². The third kappa shape index (κ3) is 7.23. The number of nitrogens with one attached hydrogen (secondary N) is 1. The smallest absolute Gasteiger partial charge is 0.408 e. The molecule has 150 valence electrons. The second kappa shape index (κ2) is 9.59. The van der Waals surface area contributed by atoms with Crippen molar-refractivity contribution in [1.82, 2.24) is 5.32 Å². The van der Waals surface area contributed by atoms with E-state index in [4.69, 9.17) is 9.47 Å². The number of hydrogen-bond acceptors (Lipinski definition) is 4. The van der Waals surface area contributed by atoms with Gasteiger partial charge in [0.1, 0.15) is 24.0 Å². The summed E-state index contributed by atoms with van der Waals surface area (Å²) in [5.74, 6) is -0.481. The number of carbonyl (C=O) groups excluding carboxylic acids is 1. The van der Waals surface area contributed by atoms with Crippen LogP contribution in [-0.4, -0.2) is 28.8 Å². The summed E-state index contributed by atoms with van der Waals surface area (Å²) < 4.78 is 11.6. The number of benzene rings is 2. The van der Waals surface area contributed by atoms with Gasteiger partial charge in [0.25, 0.3) is 0 Å². The van der Waals surface area contributed by atoms with Crippen molar-refractivity contribution in [2.24, 2.45) is 0 Å². The van der Waals surface area contributed by atoms with Gasteiger partial charge in [-0.1, -0.05) is 36.4 Å². The van der Waals surface area contributed by atoms with E-state index in [0.29, 0.717) is 16.8 Å². The summed E-state index contributed by atoms with van der Waals surface area (Å²) in [5, 5.41) is 11.8. The highest BCUT2D eigenvalue weighted by Crippen LogP contribution is 2.27. The number of carbonyl (C=O) groups is 2. The Bertz CT molecular complexity index is 817. The molecule has 0 fully saturated rings. The fraction of sp³-hybridized carbons (Fsp3) is 0.333. The van der Waals surface area contributed by atoms with Crippen LogP contribution in [-0.2, 0) is 22.6 Å². The highest BCUT2D eigenvalue weighted by Gasteiger charge is 2.24. The molecule has 0 aromatic heterocycles. The minimum atomic E-state index is -1.13. The van der Waals surface area contributed by atoms with E-state index < -0.39 is 23.7 Å². The van der Waals surface area contributed by atoms with Crippen LogP contribution in [0.25, 0.3) is 0 Å². The zero-order chi connectivity index (χ0) is 20.7. The topological polar surface area (TPSA) is 84.9 Å². The minimum Gasteiger partial charge on any atom is -0.488 e. The first kappa shape index (κ1) is 21.8. The molecule has 0 saturated heterocycles. The van der Waals surface area contributed by atoms with E-state index in [2.05, 4.69) is 21.2 Å². The van der Waals surface area contributed by atoms with Gasteiger partial charge in [0.2, 0.25) is 0 Å². The molecule has 2 N–H and O–H groups in total. The highest BCUT2D eigenvalue weighted by atomic mass is 79.9. The quantitative estimate of drug-likeness (QED) is 0.647. The van der Waals surface area contributed by atoms with Crippen molar-refractivity contribution in [3.8, 4) is 5.75 Å². The van der Waals surface area contributed by atoms with Crippen molar-refractivity contribution < 1.29 is 24.2 Å². The van der Waals surface area contributed by atoms with E-state index >= 15 is 0 Å². The maximum Gasteiger partial charge on any atom is 0.408 e. The van der Waals surface area contributed by atoms with Gasteiger partial charge in [-0.3, -0.25) is 0 Å². The molecular formula is C21H24BrNO5. The normalized spacial score (nSPS) is 12.1. The zero-order valence-electron chi connectivity index (χ0n) is 16.1. The molecule has 2 aromatic rings. The summed E-state index contributed by atoms with van der Waals surface area (Å²) in [5.41, 5.74) is 1.09. The molecule has 1 unspecified atom stereocenters. The third-order valence-electron chi connectivity index (χ3n) is 3.66. The van der Waals surface area contributed by atoms with E-state index in [-0.39, 0.29) is 6.42 Å². The van der Waals surface area contributed by atoms with E-state index in [1.807, 2.05) is 30.3 Å². The molecule has 0 spiro atoms. The predicted octanol–water partition coefficient (Wildman–Crippen LogP) is 4.55. The second-order valence-electron chi connectivity index (χ2n) is 7.28. The molecule has 2 rings (SSSR count). The summed E-state index contributed by atoms with van der Waals surface area (Å²) in [6.07, 6.45) is -0.645. The van der Waals surface area contributed by atoms with Crippen molar-refractivity contribution in [2.45, 2.75) is 45.4 Å². The first-order valence-corrected chi connectivity index (χ1v) is 9.61. The van der Waals surface area contributed by atoms with Crippen molar-refractivity contribution >= 4 is 28.0 Å². The summed E-state index contributed by atoms with van der Waals surface area (Å²) in [6, 6.07) is 14.0. The number of hydrogen-bond donors (Lipinski definition) is 2. The Morgan fingerprint density at radius 2 is 1.79 bits per heavy atom. The highest BCUT2D eigenvalue weighted by molar-refractivity contribution is 9.10. The average molecular weight is 450 g/mol. The van der Waals surface area contributed by atoms with Crippen molar-refractivity contribution in [1.29, 1.82) is 0 Å². The number of alkyl carbamates (subject to hydrolysis) is 1. The maximum atomic E-state index is 11.9. The largest absolute Gasteiger partial charge is 0.488 e. The Morgan fingerprint density at radius 1 is 1.11 bits per heavy atom. The lowest BCUT2D eigenvalue weighted by atomic mass is 10.1. The third-order valence-corrected chi connectivity index (χ3v) is 4.28. The Balaban J connectivity index is 2.00. The van der Waals surface area contributed by atoms with Crippen LogP contribution in [0.3, 0.4) is 0 Å². The molecular weight excluding hydrogens is 426 g/mol. The molecule has 7 heteroatoms. The standard InChI is InChI=1S/C21H24BrNO5/c1-21(2,3)28-20(26)23-17(19(24)25)12-15-9-10-18(16(22)11-15)27-13-14-7-5-4-6-8-14/h4-11,17H,12-13H2,1-3H3,(H,23,26)(H,24,25). The molecule has 0 bridgehead atoms. The van der Waals surface area contributed by atoms with Crippen LogP contribution in [0.1, 0.15) is 31.9 Å². The number of ether oxygens (including phenoxy) is 2. The van der Waals surface area contributed by atoms with Crippen LogP contribution in [0.15, 0.2) is 53.0 Å². The molecule has 28 heavy (non-hydrogen) atoms. The van der Waals surface area contributed by atoms with Gasteiger partial charge in [-0.05, 0) is 60.0 Å². The Labute approximate surface area is 173 Å². The number of carboxylic acids is 1. The van der Waals surface area contributed by atoms with Crippen LogP contribution in [0.5, 0.6) is 5.75 Å². The molecule has 0 aliphatic heterocycles. The van der Waals surface area contributed by atoms with Gasteiger partial charge in [0.15, 0.2) is 0 Å². The lowest BCUT2D eigenvalue weighted by Gasteiger charge is -2.22. The molecule has 1 atom stereocenters. The second-order valence-corrected chi connectivity index (χ2v) is 8.13. The zero-order valence-corrected chi connectivity index (χ0v) is 17.7. The first-order valence-electron chi connectivity index (χ1n) is 8.81. The number of carboxylic acid groups (broad SMARTS) is 1. The SMILES string of the molecule is CC(C)(C)OC(=O)NC(Cc1ccc(OCc2ccccc2)c(Br)c1)C(=O)O. The molecule has 2 aromatic carbocycles. The molecule has 0 radical (unpaired) electrons.